The lowest BCUT2D eigenvalue weighted by Crippen LogP contribution is -2.56. The van der Waals surface area contributed by atoms with Gasteiger partial charge in [-0.1, -0.05) is 61.2 Å². The summed E-state index contributed by atoms with van der Waals surface area (Å²) in [6.07, 6.45) is 4.53. The fraction of sp³-hybridized carbons (Fsp3) is 0.406. The molecule has 6 atom stereocenters. The summed E-state index contributed by atoms with van der Waals surface area (Å²) in [4.78, 5) is 45.9. The maximum absolute atomic E-state index is 14.8. The number of fused-ring (bicyclic) bond motifs is 1. The van der Waals surface area contributed by atoms with Crippen LogP contribution in [0.4, 0.5) is 5.69 Å². The molecule has 0 aromatic heterocycles. The zero-order valence-electron chi connectivity index (χ0n) is 23.0. The zero-order chi connectivity index (χ0) is 28.6. The fourth-order valence-corrected chi connectivity index (χ4v) is 9.02. The van der Waals surface area contributed by atoms with Crippen LogP contribution in [0.3, 0.4) is 0 Å². The smallest absolute Gasteiger partial charge is 0.311 e. The molecule has 3 saturated heterocycles. The number of nitrogens with zero attached hydrogens (tertiary/aromatic N) is 2. The first-order valence-electron chi connectivity index (χ1n) is 13.7. The zero-order valence-corrected chi connectivity index (χ0v) is 23.8. The van der Waals surface area contributed by atoms with Gasteiger partial charge < -0.3 is 19.6 Å². The first kappa shape index (κ1) is 28.2. The maximum atomic E-state index is 14.8. The van der Waals surface area contributed by atoms with Gasteiger partial charge in [-0.2, -0.15) is 0 Å². The van der Waals surface area contributed by atoms with Gasteiger partial charge in [0.2, 0.25) is 5.91 Å². The molecule has 0 radical (unpaired) electrons. The van der Waals surface area contributed by atoms with Gasteiger partial charge in [-0.25, -0.2) is 0 Å². The predicted octanol–water partition coefficient (Wildman–Crippen LogP) is 4.38. The van der Waals surface area contributed by atoms with Gasteiger partial charge in [0.25, 0.3) is 5.91 Å². The molecule has 8 heteroatoms. The van der Waals surface area contributed by atoms with E-state index in [2.05, 4.69) is 13.2 Å². The molecule has 2 aromatic carbocycles. The quantitative estimate of drug-likeness (QED) is 0.343. The van der Waals surface area contributed by atoms with Gasteiger partial charge in [-0.05, 0) is 49.4 Å². The minimum absolute atomic E-state index is 0.0652. The Labute approximate surface area is 239 Å². The Hall–Kier alpha value is -3.36. The lowest BCUT2D eigenvalue weighted by atomic mass is 9.71. The molecular weight excluding hydrogens is 524 g/mol. The summed E-state index contributed by atoms with van der Waals surface area (Å²) >= 11 is 1.58. The van der Waals surface area contributed by atoms with Crippen LogP contribution in [0, 0.1) is 25.7 Å². The normalized spacial score (nSPS) is 27.3. The Morgan fingerprint density at radius 3 is 2.62 bits per heavy atom. The van der Waals surface area contributed by atoms with Crippen molar-refractivity contribution in [3.05, 3.63) is 90.5 Å². The molecule has 2 unspecified atom stereocenters. The lowest BCUT2D eigenvalue weighted by Gasteiger charge is -2.40. The number of hydrogen-bond donors (Lipinski definition) is 1. The molecule has 2 bridgehead atoms. The minimum atomic E-state index is -0.880. The van der Waals surface area contributed by atoms with Crippen LogP contribution >= 0.6 is 11.8 Å². The number of benzene rings is 2. The Balaban J connectivity index is 1.65. The van der Waals surface area contributed by atoms with E-state index < -0.39 is 34.6 Å². The average molecular weight is 561 g/mol. The first-order valence-corrected chi connectivity index (χ1v) is 14.6. The van der Waals surface area contributed by atoms with Crippen molar-refractivity contribution in [2.75, 3.05) is 24.7 Å². The number of rotatable bonds is 10. The van der Waals surface area contributed by atoms with E-state index in [1.807, 2.05) is 62.4 Å². The molecule has 1 N–H and O–H groups in total. The highest BCUT2D eigenvalue weighted by Crippen LogP contribution is 2.67. The van der Waals surface area contributed by atoms with E-state index in [1.165, 1.54) is 6.08 Å². The monoisotopic (exact) mass is 560 g/mol. The number of carbonyl (C=O) groups is 3. The largest absolute Gasteiger partial charge is 0.461 e. The van der Waals surface area contributed by atoms with Crippen molar-refractivity contribution >= 4 is 35.2 Å². The molecular formula is C32H36N2O5S. The summed E-state index contributed by atoms with van der Waals surface area (Å²) in [7, 11) is 0. The van der Waals surface area contributed by atoms with E-state index in [1.54, 1.807) is 27.6 Å². The number of carbonyl (C=O) groups excluding carboxylic acids is 3. The average Bonchev–Trinajstić information content (AvgIpc) is 3.60. The molecule has 1 spiro atoms. The fourth-order valence-electron chi connectivity index (χ4n) is 6.83. The number of hydrogen-bond acceptors (Lipinski definition) is 6. The van der Waals surface area contributed by atoms with Crippen LogP contribution in [0.1, 0.15) is 35.6 Å². The molecule has 7 nitrogen and oxygen atoms in total. The summed E-state index contributed by atoms with van der Waals surface area (Å²) in [5, 5.41) is 10.6. The molecule has 40 heavy (non-hydrogen) atoms. The predicted molar refractivity (Wildman–Crippen MR) is 157 cm³/mol. The molecule has 0 saturated carbocycles. The lowest BCUT2D eigenvalue weighted by molar-refractivity contribution is -0.153. The van der Waals surface area contributed by atoms with Gasteiger partial charge in [0, 0.05) is 17.5 Å². The van der Waals surface area contributed by atoms with Crippen LogP contribution in [0.2, 0.25) is 0 Å². The van der Waals surface area contributed by atoms with E-state index in [-0.39, 0.29) is 36.8 Å². The number of ether oxygens (including phenoxy) is 1. The van der Waals surface area contributed by atoms with Crippen LogP contribution in [0.15, 0.2) is 73.8 Å². The molecule has 210 valence electrons. The Bertz CT molecular complexity index is 1330. The van der Waals surface area contributed by atoms with E-state index in [0.717, 1.165) is 22.4 Å². The van der Waals surface area contributed by atoms with Crippen molar-refractivity contribution in [1.29, 1.82) is 0 Å². The van der Waals surface area contributed by atoms with Crippen molar-refractivity contribution < 1.29 is 24.2 Å². The first-order chi connectivity index (χ1) is 19.3. The van der Waals surface area contributed by atoms with Gasteiger partial charge >= 0.3 is 5.97 Å². The Morgan fingerprint density at radius 1 is 1.20 bits per heavy atom. The Kier molecular flexibility index (Phi) is 7.93. The number of esters is 1. The second-order valence-electron chi connectivity index (χ2n) is 10.9. The minimum Gasteiger partial charge on any atom is -0.461 e. The van der Waals surface area contributed by atoms with Crippen LogP contribution in [-0.4, -0.2) is 63.6 Å². The molecule has 3 aliphatic heterocycles. The molecule has 3 aliphatic rings. The highest BCUT2D eigenvalue weighted by atomic mass is 32.2. The van der Waals surface area contributed by atoms with E-state index >= 15 is 0 Å². The number of aliphatic hydroxyl groups is 1. The van der Waals surface area contributed by atoms with Crippen LogP contribution in [0.25, 0.3) is 0 Å². The molecule has 3 fully saturated rings. The van der Waals surface area contributed by atoms with E-state index in [9.17, 15) is 19.5 Å². The van der Waals surface area contributed by atoms with Crippen molar-refractivity contribution in [2.45, 2.75) is 48.8 Å². The number of aryl methyl sites for hydroxylation is 2. The third-order valence-electron chi connectivity index (χ3n) is 8.51. The van der Waals surface area contributed by atoms with Crippen LogP contribution in [0.5, 0.6) is 0 Å². The highest BCUT2D eigenvalue weighted by molar-refractivity contribution is 8.02. The SMILES string of the molecule is C=CCOC(=O)[C@@H]1[C@H]2C(=O)N([C@H](CO)c3ccccc3)C(C(=O)N(CC=C)c3cc(C)ccc3C)C23CC[C@H]1S3. The number of amides is 2. The van der Waals surface area contributed by atoms with Crippen molar-refractivity contribution in [2.24, 2.45) is 11.8 Å². The van der Waals surface area contributed by atoms with Crippen molar-refractivity contribution in [3.63, 3.8) is 0 Å². The third kappa shape index (κ3) is 4.47. The summed E-state index contributed by atoms with van der Waals surface area (Å²) in [5.41, 5.74) is 3.44. The topological polar surface area (TPSA) is 87.1 Å². The molecule has 2 aromatic rings. The van der Waals surface area contributed by atoms with Crippen LogP contribution in [-0.2, 0) is 19.1 Å². The molecule has 0 aliphatic carbocycles. The molecule has 5 rings (SSSR count). The summed E-state index contributed by atoms with van der Waals surface area (Å²) < 4.78 is 4.66. The van der Waals surface area contributed by atoms with Gasteiger partial charge in [0.1, 0.15) is 12.6 Å². The van der Waals surface area contributed by atoms with Gasteiger partial charge in [-0.3, -0.25) is 14.4 Å². The highest BCUT2D eigenvalue weighted by Gasteiger charge is 2.75. The number of aliphatic hydroxyl groups excluding tert-OH is 1. The standard InChI is InChI=1S/C32H36N2O5S/c1-5-16-33(23-18-20(3)12-13-21(23)4)30(37)28-32-15-14-25(40-32)26(31(38)39-17-6-2)27(32)29(36)34(28)24(19-35)22-10-8-7-9-11-22/h5-13,18,24-28,35H,1-2,14-17,19H2,3-4H3/t24-,25-,26+,27+,28?,32?/m1/s1. The van der Waals surface area contributed by atoms with E-state index in [4.69, 9.17) is 4.74 Å². The third-order valence-corrected chi connectivity index (χ3v) is 10.5. The van der Waals surface area contributed by atoms with Crippen molar-refractivity contribution in [1.82, 2.24) is 4.90 Å². The van der Waals surface area contributed by atoms with Gasteiger partial charge in [0.15, 0.2) is 0 Å². The summed E-state index contributed by atoms with van der Waals surface area (Å²) in [5.74, 6) is -2.31. The second kappa shape index (κ2) is 11.3. The summed E-state index contributed by atoms with van der Waals surface area (Å²) in [6, 6.07) is 13.6. The number of thioether (sulfide) groups is 1. The van der Waals surface area contributed by atoms with E-state index in [0.29, 0.717) is 12.8 Å². The van der Waals surface area contributed by atoms with Crippen molar-refractivity contribution in [3.8, 4) is 0 Å². The number of likely N-dealkylation sites (tertiary alicyclic amines) is 1. The molecule has 2 amide bonds. The van der Waals surface area contributed by atoms with Gasteiger partial charge in [0.05, 0.1) is 29.2 Å². The number of anilines is 1. The second-order valence-corrected chi connectivity index (χ2v) is 12.5. The molecule has 3 heterocycles. The Morgan fingerprint density at radius 2 is 1.95 bits per heavy atom. The summed E-state index contributed by atoms with van der Waals surface area (Å²) in [6.45, 7) is 11.5. The van der Waals surface area contributed by atoms with Gasteiger partial charge in [-0.15, -0.1) is 18.3 Å². The maximum Gasteiger partial charge on any atom is 0.311 e. The van der Waals surface area contributed by atoms with Crippen LogP contribution < -0.4 is 4.90 Å².